The smallest absolute Gasteiger partial charge is 0.238 e. The van der Waals surface area contributed by atoms with Crippen LogP contribution in [0.3, 0.4) is 0 Å². The van der Waals surface area contributed by atoms with Crippen molar-refractivity contribution < 1.29 is 29.6 Å². The molecule has 156 valence electrons. The summed E-state index contributed by atoms with van der Waals surface area (Å²) in [5.41, 5.74) is 0.553. The van der Waals surface area contributed by atoms with Gasteiger partial charge in [0.05, 0.1) is 0 Å². The lowest BCUT2D eigenvalue weighted by Crippen LogP contribution is -2.02. The van der Waals surface area contributed by atoms with E-state index in [1.807, 2.05) is 30.3 Å². The van der Waals surface area contributed by atoms with Crippen molar-refractivity contribution >= 4 is 23.3 Å². The lowest BCUT2D eigenvalue weighted by Gasteiger charge is -2.07. The Morgan fingerprint density at radius 1 is 0.806 bits per heavy atom. The molecule has 7 nitrogen and oxygen atoms in total. The lowest BCUT2D eigenvalue weighted by atomic mass is 10.1. The highest BCUT2D eigenvalue weighted by Gasteiger charge is 2.18. The molecule has 0 amide bonds. The minimum absolute atomic E-state index is 0.0247. The number of aldehydes is 1. The minimum Gasteiger partial charge on any atom is -0.508 e. The van der Waals surface area contributed by atoms with Crippen molar-refractivity contribution in [2.45, 2.75) is 0 Å². The Hall–Kier alpha value is -4.52. The van der Waals surface area contributed by atoms with Crippen LogP contribution < -0.4 is 5.43 Å². The van der Waals surface area contributed by atoms with E-state index in [4.69, 9.17) is 4.42 Å². The van der Waals surface area contributed by atoms with Crippen molar-refractivity contribution in [2.24, 2.45) is 0 Å². The maximum Gasteiger partial charge on any atom is 0.238 e. The first-order valence-corrected chi connectivity index (χ1v) is 9.08. The quantitative estimate of drug-likeness (QED) is 0.290. The van der Waals surface area contributed by atoms with Crippen LogP contribution in [-0.2, 0) is 4.79 Å². The molecule has 0 aliphatic rings. The van der Waals surface area contributed by atoms with Crippen molar-refractivity contribution in [1.29, 1.82) is 0 Å². The van der Waals surface area contributed by atoms with Gasteiger partial charge in [0.2, 0.25) is 11.2 Å². The summed E-state index contributed by atoms with van der Waals surface area (Å²) in [6.45, 7) is 0. The third-order valence-electron chi connectivity index (χ3n) is 4.23. The van der Waals surface area contributed by atoms with E-state index in [9.17, 15) is 30.0 Å². The largest absolute Gasteiger partial charge is 0.508 e. The molecular weight excluding hydrogens is 400 g/mol. The average molecular weight is 418 g/mol. The normalized spacial score (nSPS) is 10.6. The molecule has 0 fully saturated rings. The molecule has 1 heterocycles. The Morgan fingerprint density at radius 3 is 2.13 bits per heavy atom. The van der Waals surface area contributed by atoms with Crippen molar-refractivity contribution in [3.8, 4) is 34.3 Å². The van der Waals surface area contributed by atoms with Gasteiger partial charge in [0, 0.05) is 17.7 Å². The topological polar surface area (TPSA) is 128 Å². The molecule has 0 unspecified atom stereocenters. The summed E-state index contributed by atoms with van der Waals surface area (Å²) < 4.78 is 5.41. The van der Waals surface area contributed by atoms with Gasteiger partial charge >= 0.3 is 0 Å². The maximum absolute atomic E-state index is 12.1. The molecule has 31 heavy (non-hydrogen) atoms. The number of phenols is 3. The molecule has 4 N–H and O–H groups in total. The molecule has 0 saturated carbocycles. The van der Waals surface area contributed by atoms with Gasteiger partial charge in [-0.2, -0.15) is 0 Å². The van der Waals surface area contributed by atoms with Gasteiger partial charge < -0.3 is 24.8 Å². The minimum atomic E-state index is -0.808. The zero-order chi connectivity index (χ0) is 22.4. The van der Waals surface area contributed by atoms with Crippen molar-refractivity contribution in [3.05, 3.63) is 88.6 Å². The van der Waals surface area contributed by atoms with Crippen LogP contribution in [0, 0.1) is 0 Å². The van der Waals surface area contributed by atoms with Crippen LogP contribution in [-0.4, -0.2) is 26.7 Å². The molecule has 7 heteroatoms. The van der Waals surface area contributed by atoms with Gasteiger partial charge in [-0.25, -0.2) is 0 Å². The highest BCUT2D eigenvalue weighted by atomic mass is 16.4. The number of fused-ring (bicyclic) bond motifs is 1. The van der Waals surface area contributed by atoms with Crippen molar-refractivity contribution in [3.63, 3.8) is 0 Å². The van der Waals surface area contributed by atoms with Crippen molar-refractivity contribution in [1.82, 2.24) is 0 Å². The van der Waals surface area contributed by atoms with Crippen LogP contribution in [0.1, 0.15) is 5.56 Å². The number of benzene rings is 3. The number of hydrogen-bond donors (Lipinski definition) is 4. The first-order chi connectivity index (χ1) is 14.9. The molecule has 3 aromatic carbocycles. The van der Waals surface area contributed by atoms with Gasteiger partial charge in [0.25, 0.3) is 0 Å². The van der Waals surface area contributed by atoms with Gasteiger partial charge in [-0.3, -0.25) is 9.59 Å². The van der Waals surface area contributed by atoms with Gasteiger partial charge in [-0.15, -0.1) is 0 Å². The van der Waals surface area contributed by atoms with Crippen LogP contribution in [0.25, 0.3) is 28.4 Å². The van der Waals surface area contributed by atoms with E-state index in [2.05, 4.69) is 0 Å². The number of hydrogen-bond acceptors (Lipinski definition) is 7. The second kappa shape index (κ2) is 9.32. The molecule has 0 bridgehead atoms. The molecule has 4 rings (SSSR count). The monoisotopic (exact) mass is 418 g/mol. The molecular formula is C24H18O7. The Morgan fingerprint density at radius 2 is 1.48 bits per heavy atom. The number of rotatable bonds is 3. The molecule has 0 radical (unpaired) electrons. The van der Waals surface area contributed by atoms with Gasteiger partial charge in [-0.1, -0.05) is 36.4 Å². The predicted molar refractivity (Wildman–Crippen MR) is 116 cm³/mol. The zero-order valence-electron chi connectivity index (χ0n) is 16.1. The van der Waals surface area contributed by atoms with Gasteiger partial charge in [0.1, 0.15) is 34.5 Å². The Bertz CT molecular complexity index is 1290. The van der Waals surface area contributed by atoms with Crippen LogP contribution in [0.4, 0.5) is 0 Å². The second-order valence-electron chi connectivity index (χ2n) is 6.40. The maximum atomic E-state index is 12.1. The summed E-state index contributed by atoms with van der Waals surface area (Å²) in [4.78, 5) is 22.0. The lowest BCUT2D eigenvalue weighted by molar-refractivity contribution is -0.104. The number of phenolic OH excluding ortho intramolecular Hbond substituents is 3. The van der Waals surface area contributed by atoms with E-state index in [0.717, 1.165) is 17.9 Å². The molecule has 0 atom stereocenters. The fraction of sp³-hybridized carbons (Fsp3) is 0. The summed E-state index contributed by atoms with van der Waals surface area (Å²) in [5.74, 6) is -1.50. The fourth-order valence-corrected chi connectivity index (χ4v) is 2.80. The highest BCUT2D eigenvalue weighted by Crippen LogP contribution is 2.35. The number of aromatic hydroxyl groups is 4. The van der Waals surface area contributed by atoms with Gasteiger partial charge in [-0.05, 0) is 35.9 Å². The van der Waals surface area contributed by atoms with E-state index in [1.165, 1.54) is 36.4 Å². The molecule has 0 aliphatic carbocycles. The van der Waals surface area contributed by atoms with E-state index in [1.54, 1.807) is 6.08 Å². The van der Waals surface area contributed by atoms with Crippen molar-refractivity contribution in [2.75, 3.05) is 0 Å². The molecule has 0 saturated heterocycles. The number of allylic oxidation sites excluding steroid dienone is 1. The van der Waals surface area contributed by atoms with Crippen LogP contribution >= 0.6 is 0 Å². The summed E-state index contributed by atoms with van der Waals surface area (Å²) in [6.07, 6.45) is 4.02. The Labute approximate surface area is 176 Å². The van der Waals surface area contributed by atoms with Gasteiger partial charge in [0.15, 0.2) is 5.76 Å². The Balaban J connectivity index is 0.000000229. The molecule has 4 aromatic rings. The number of carbonyl (C=O) groups excluding carboxylic acids is 1. The Kier molecular flexibility index (Phi) is 6.37. The van der Waals surface area contributed by atoms with E-state index < -0.39 is 16.9 Å². The second-order valence-corrected chi connectivity index (χ2v) is 6.40. The van der Waals surface area contributed by atoms with E-state index in [-0.39, 0.29) is 28.2 Å². The highest BCUT2D eigenvalue weighted by molar-refractivity contribution is 5.88. The first-order valence-electron chi connectivity index (χ1n) is 9.08. The standard InChI is InChI=1S/C15H10O6.C9H8O/c16-8-3-1-7(2-4-8)15-14(20)13(19)12-10(18)5-9(17)6-11(12)21-15;10-8-4-7-9-5-2-1-3-6-9/h1-6,16-18,20H;1-8H/b;7-4+. The molecule has 0 spiro atoms. The molecule has 0 aliphatic heterocycles. The zero-order valence-corrected chi connectivity index (χ0v) is 16.1. The van der Waals surface area contributed by atoms with E-state index >= 15 is 0 Å². The summed E-state index contributed by atoms with van der Waals surface area (Å²) in [6, 6.07) is 17.5. The average Bonchev–Trinajstić information content (AvgIpc) is 2.76. The third-order valence-corrected chi connectivity index (χ3v) is 4.23. The summed E-state index contributed by atoms with van der Waals surface area (Å²) in [7, 11) is 0. The summed E-state index contributed by atoms with van der Waals surface area (Å²) in [5, 5.41) is 38.1. The predicted octanol–water partition coefficient (Wildman–Crippen LogP) is 4.18. The third kappa shape index (κ3) is 4.91. The van der Waals surface area contributed by atoms with Crippen LogP contribution in [0.5, 0.6) is 23.0 Å². The fourth-order valence-electron chi connectivity index (χ4n) is 2.80. The van der Waals surface area contributed by atoms with Crippen LogP contribution in [0.15, 0.2) is 82.0 Å². The number of carbonyl (C=O) groups is 1. The first kappa shape index (κ1) is 21.2. The van der Waals surface area contributed by atoms with Crippen LogP contribution in [0.2, 0.25) is 0 Å². The van der Waals surface area contributed by atoms with E-state index in [0.29, 0.717) is 5.56 Å². The summed E-state index contributed by atoms with van der Waals surface area (Å²) >= 11 is 0. The SMILES string of the molecule is O=C/C=C/c1ccccc1.O=c1c(O)c(-c2ccc(O)cc2)oc2cc(O)cc(O)c12. The molecule has 1 aromatic heterocycles.